The first kappa shape index (κ1) is 36.9. The van der Waals surface area contributed by atoms with Gasteiger partial charge in [0.1, 0.15) is 6.04 Å². The van der Waals surface area contributed by atoms with E-state index in [9.17, 15) is 14.4 Å². The quantitative estimate of drug-likeness (QED) is 0.119. The lowest BCUT2D eigenvalue weighted by Crippen LogP contribution is -2.51. The molecule has 0 bridgehead atoms. The molecule has 0 aliphatic rings. The zero-order valence-corrected chi connectivity index (χ0v) is 29.6. The highest BCUT2D eigenvalue weighted by molar-refractivity contribution is 7.99. The Morgan fingerprint density at radius 2 is 1.77 bits per heavy atom. The fourth-order valence-corrected chi connectivity index (χ4v) is 6.67. The van der Waals surface area contributed by atoms with E-state index in [4.69, 9.17) is 4.74 Å². The third-order valence-corrected chi connectivity index (χ3v) is 9.91. The van der Waals surface area contributed by atoms with Crippen molar-refractivity contribution in [3.05, 3.63) is 77.9 Å². The van der Waals surface area contributed by atoms with Gasteiger partial charge in [-0.05, 0) is 51.5 Å². The van der Waals surface area contributed by atoms with Crippen molar-refractivity contribution in [2.45, 2.75) is 51.1 Å². The van der Waals surface area contributed by atoms with Gasteiger partial charge in [0.25, 0.3) is 0 Å². The zero-order valence-electron chi connectivity index (χ0n) is 28.0. The second kappa shape index (κ2) is 19.2. The third-order valence-electron chi connectivity index (χ3n) is 8.26. The molecule has 2 amide bonds. The molecule has 13 heteroatoms. The van der Waals surface area contributed by atoms with E-state index in [-0.39, 0.29) is 30.3 Å². The van der Waals surface area contributed by atoms with Gasteiger partial charge < -0.3 is 15.4 Å². The number of esters is 1. The Balaban J connectivity index is 1.44. The van der Waals surface area contributed by atoms with Crippen LogP contribution in [0.15, 0.2) is 66.7 Å². The second-order valence-electron chi connectivity index (χ2n) is 11.7. The van der Waals surface area contributed by atoms with E-state index < -0.39 is 12.0 Å². The van der Waals surface area contributed by atoms with Crippen LogP contribution >= 0.6 is 23.5 Å². The number of rotatable bonds is 19. The number of carbonyl (C=O) groups is 3. The lowest BCUT2D eigenvalue weighted by atomic mass is 9.97. The van der Waals surface area contributed by atoms with Gasteiger partial charge in [0.05, 0.1) is 19.4 Å². The maximum atomic E-state index is 13.4. The lowest BCUT2D eigenvalue weighted by Gasteiger charge is -2.31. The molecule has 0 aliphatic carbocycles. The summed E-state index contributed by atoms with van der Waals surface area (Å²) in [6, 6.07) is 21.3. The van der Waals surface area contributed by atoms with E-state index in [2.05, 4.69) is 74.3 Å². The summed E-state index contributed by atoms with van der Waals surface area (Å²) < 4.78 is 4.96. The maximum absolute atomic E-state index is 13.4. The SMILES string of the molecule is CC[C@H](C)[C@@H](CN(CC(=O)N[C@@H](CCSC)C(=O)OC)Cc1cccc2ccccc12)NC(=O)CSCc1ccc(-c2nn[nH]n2)cc1. The zero-order chi connectivity index (χ0) is 34.3. The van der Waals surface area contributed by atoms with E-state index in [0.717, 1.165) is 33.9 Å². The Bertz CT molecular complexity index is 1600. The Morgan fingerprint density at radius 1 is 1.00 bits per heavy atom. The van der Waals surface area contributed by atoms with Crippen LogP contribution in [-0.4, -0.2) is 93.4 Å². The predicted molar refractivity (Wildman–Crippen MR) is 193 cm³/mol. The molecule has 1 heterocycles. The largest absolute Gasteiger partial charge is 0.467 e. The standard InChI is InChI=1S/C35H45N7O4S2/c1-5-24(2)31(37-33(44)23-48-22-25-13-15-27(16-14-25)34-38-40-41-39-34)20-42(19-28-11-8-10-26-9-6-7-12-29(26)28)21-32(43)36-30(17-18-47-4)35(45)46-3/h6-16,24,30-31H,5,17-23H2,1-4H3,(H,36,43)(H,37,44)(H,38,39,40,41)/t24-,30-,31+/m0/s1. The van der Waals surface area contributed by atoms with Crippen molar-refractivity contribution >= 4 is 52.1 Å². The van der Waals surface area contributed by atoms with E-state index in [1.807, 2.05) is 48.7 Å². The first-order chi connectivity index (χ1) is 23.3. The van der Waals surface area contributed by atoms with Crippen LogP contribution in [0, 0.1) is 5.92 Å². The number of nitrogens with one attached hydrogen (secondary N) is 3. The van der Waals surface area contributed by atoms with Crippen molar-refractivity contribution in [2.24, 2.45) is 5.92 Å². The Morgan fingerprint density at radius 3 is 2.48 bits per heavy atom. The molecule has 0 unspecified atom stereocenters. The smallest absolute Gasteiger partial charge is 0.328 e. The van der Waals surface area contributed by atoms with Crippen LogP contribution < -0.4 is 10.6 Å². The molecular weight excluding hydrogens is 647 g/mol. The van der Waals surface area contributed by atoms with Crippen LogP contribution in [0.5, 0.6) is 0 Å². The molecule has 0 fully saturated rings. The molecule has 4 rings (SSSR count). The molecule has 11 nitrogen and oxygen atoms in total. The van der Waals surface area contributed by atoms with E-state index >= 15 is 0 Å². The topological polar surface area (TPSA) is 142 Å². The highest BCUT2D eigenvalue weighted by atomic mass is 32.2. The van der Waals surface area contributed by atoms with Crippen molar-refractivity contribution < 1.29 is 19.1 Å². The number of thioether (sulfide) groups is 2. The molecule has 0 radical (unpaired) electrons. The number of hydrogen-bond donors (Lipinski definition) is 3. The van der Waals surface area contributed by atoms with Gasteiger partial charge in [-0.1, -0.05) is 87.0 Å². The summed E-state index contributed by atoms with van der Waals surface area (Å²) in [4.78, 5) is 41.2. The monoisotopic (exact) mass is 691 g/mol. The number of methoxy groups -OCH3 is 1. The molecule has 4 aromatic rings. The summed E-state index contributed by atoms with van der Waals surface area (Å²) >= 11 is 3.15. The van der Waals surface area contributed by atoms with Crippen LogP contribution in [0.3, 0.4) is 0 Å². The number of fused-ring (bicyclic) bond motifs is 1. The fourth-order valence-electron chi connectivity index (χ4n) is 5.40. The first-order valence-electron chi connectivity index (χ1n) is 16.1. The molecule has 3 atom stereocenters. The van der Waals surface area contributed by atoms with Gasteiger partial charge in [-0.15, -0.1) is 22.0 Å². The average molecular weight is 692 g/mol. The summed E-state index contributed by atoms with van der Waals surface area (Å²) in [7, 11) is 1.33. The van der Waals surface area contributed by atoms with Gasteiger partial charge in [-0.25, -0.2) is 4.79 Å². The number of benzene rings is 3. The molecule has 0 aliphatic heterocycles. The molecule has 3 N–H and O–H groups in total. The number of carbonyl (C=O) groups excluding carboxylic acids is 3. The molecule has 0 saturated carbocycles. The molecular formula is C35H45N7O4S2. The van der Waals surface area contributed by atoms with Crippen LogP contribution in [0.4, 0.5) is 0 Å². The molecule has 1 aromatic heterocycles. The number of aromatic amines is 1. The number of tetrazole rings is 1. The molecule has 0 saturated heterocycles. The number of hydrogen-bond acceptors (Lipinski definition) is 10. The maximum Gasteiger partial charge on any atom is 0.328 e. The highest BCUT2D eigenvalue weighted by Crippen LogP contribution is 2.22. The van der Waals surface area contributed by atoms with E-state index in [0.29, 0.717) is 42.6 Å². The van der Waals surface area contributed by atoms with Crippen LogP contribution in [0.25, 0.3) is 22.2 Å². The normalized spacial score (nSPS) is 13.2. The fraction of sp³-hybridized carbons (Fsp3) is 0.429. The lowest BCUT2D eigenvalue weighted by molar-refractivity contribution is -0.145. The Kier molecular flexibility index (Phi) is 14.7. The number of amides is 2. The summed E-state index contributed by atoms with van der Waals surface area (Å²) in [5.74, 6) is 1.63. The Labute approximate surface area is 290 Å². The summed E-state index contributed by atoms with van der Waals surface area (Å²) in [6.07, 6.45) is 3.30. The third kappa shape index (κ3) is 11.1. The van der Waals surface area contributed by atoms with Gasteiger partial charge in [-0.3, -0.25) is 14.5 Å². The van der Waals surface area contributed by atoms with Crippen molar-refractivity contribution in [1.29, 1.82) is 0 Å². The number of H-pyrrole nitrogens is 1. The average Bonchev–Trinajstić information content (AvgIpc) is 3.65. The van der Waals surface area contributed by atoms with Crippen molar-refractivity contribution in [3.63, 3.8) is 0 Å². The number of ether oxygens (including phenoxy) is 1. The number of aromatic nitrogens is 4. The van der Waals surface area contributed by atoms with E-state index in [1.165, 1.54) is 7.11 Å². The minimum absolute atomic E-state index is 0.0499. The predicted octanol–water partition coefficient (Wildman–Crippen LogP) is 4.70. The molecule has 3 aromatic carbocycles. The number of nitrogens with zero attached hydrogens (tertiary/aromatic N) is 4. The second-order valence-corrected chi connectivity index (χ2v) is 13.7. The summed E-state index contributed by atoms with van der Waals surface area (Å²) in [6.45, 7) is 5.25. The first-order valence-corrected chi connectivity index (χ1v) is 18.6. The van der Waals surface area contributed by atoms with Crippen molar-refractivity contribution in [2.75, 3.05) is 38.0 Å². The van der Waals surface area contributed by atoms with Crippen molar-refractivity contribution in [3.8, 4) is 11.4 Å². The van der Waals surface area contributed by atoms with Gasteiger partial charge in [0.2, 0.25) is 17.6 Å². The van der Waals surface area contributed by atoms with Crippen LogP contribution in [0.1, 0.15) is 37.8 Å². The minimum atomic E-state index is -0.716. The Hall–Kier alpha value is -3.94. The van der Waals surface area contributed by atoms with Gasteiger partial charge in [0.15, 0.2) is 0 Å². The summed E-state index contributed by atoms with van der Waals surface area (Å²) in [5, 5.41) is 22.5. The van der Waals surface area contributed by atoms with Crippen LogP contribution in [-0.2, 0) is 31.4 Å². The molecule has 48 heavy (non-hydrogen) atoms. The minimum Gasteiger partial charge on any atom is -0.467 e. The summed E-state index contributed by atoms with van der Waals surface area (Å²) in [5.41, 5.74) is 3.05. The van der Waals surface area contributed by atoms with Gasteiger partial charge in [-0.2, -0.15) is 17.0 Å². The van der Waals surface area contributed by atoms with Gasteiger partial charge in [0, 0.05) is 30.4 Å². The highest BCUT2D eigenvalue weighted by Gasteiger charge is 2.26. The van der Waals surface area contributed by atoms with E-state index in [1.54, 1.807) is 23.5 Å². The van der Waals surface area contributed by atoms with Gasteiger partial charge >= 0.3 is 5.97 Å². The van der Waals surface area contributed by atoms with Crippen LogP contribution in [0.2, 0.25) is 0 Å². The molecule has 0 spiro atoms. The van der Waals surface area contributed by atoms with Crippen molar-refractivity contribution in [1.82, 2.24) is 36.2 Å². The molecule has 256 valence electrons.